The number of aromatic hydroxyl groups is 1. The molecule has 24 heavy (non-hydrogen) atoms. The van der Waals surface area contributed by atoms with Gasteiger partial charge in [0.05, 0.1) is 25.3 Å². The number of hydrazone groups is 1. The molecular formula is C16H13Br2IN2O3. The van der Waals surface area contributed by atoms with E-state index in [4.69, 9.17) is 4.74 Å². The smallest absolute Gasteiger partial charge is 0.271 e. The van der Waals surface area contributed by atoms with Crippen LogP contribution in [-0.2, 0) is 0 Å². The predicted molar refractivity (Wildman–Crippen MR) is 109 cm³/mol. The molecular weight excluding hydrogens is 555 g/mol. The number of phenols is 1. The van der Waals surface area contributed by atoms with Crippen LogP contribution < -0.4 is 10.2 Å². The van der Waals surface area contributed by atoms with Crippen LogP contribution in [0.25, 0.3) is 0 Å². The van der Waals surface area contributed by atoms with Crippen LogP contribution in [0.5, 0.6) is 11.5 Å². The standard InChI is InChI=1S/C16H13Br2IN2O3/c1-2-24-14-4-3-9(5-13(14)19)8-20-21-16(23)10-6-11(17)15(22)12(18)7-10/h3-8,22H,2H2,1H3,(H,21,23)/b20-8-. The SMILES string of the molecule is CCOc1ccc(/C=N\NC(=O)c2cc(Br)c(O)c(Br)c2)cc1I. The molecule has 0 saturated carbocycles. The van der Waals surface area contributed by atoms with Gasteiger partial charge in [-0.1, -0.05) is 0 Å². The zero-order valence-corrected chi connectivity index (χ0v) is 17.8. The molecule has 0 spiro atoms. The molecule has 1 amide bonds. The molecule has 0 aromatic heterocycles. The highest BCUT2D eigenvalue weighted by Gasteiger charge is 2.11. The van der Waals surface area contributed by atoms with Crippen LogP contribution in [0.2, 0.25) is 0 Å². The molecule has 5 nitrogen and oxygen atoms in total. The summed E-state index contributed by atoms with van der Waals surface area (Å²) in [5, 5.41) is 13.6. The van der Waals surface area contributed by atoms with Crippen molar-refractivity contribution in [2.75, 3.05) is 6.61 Å². The number of carbonyl (C=O) groups excluding carboxylic acids is 1. The fourth-order valence-corrected chi connectivity index (χ4v) is 3.68. The first-order valence-corrected chi connectivity index (χ1v) is 9.52. The molecule has 0 aliphatic rings. The van der Waals surface area contributed by atoms with Gasteiger partial charge in [-0.15, -0.1) is 0 Å². The van der Waals surface area contributed by atoms with Crippen LogP contribution in [0.1, 0.15) is 22.8 Å². The van der Waals surface area contributed by atoms with E-state index in [-0.39, 0.29) is 11.7 Å². The zero-order valence-electron chi connectivity index (χ0n) is 12.5. The van der Waals surface area contributed by atoms with E-state index in [0.29, 0.717) is 21.1 Å². The summed E-state index contributed by atoms with van der Waals surface area (Å²) in [5.41, 5.74) is 3.66. The Morgan fingerprint density at radius 2 is 2.00 bits per heavy atom. The molecule has 0 fully saturated rings. The quantitative estimate of drug-likeness (QED) is 0.313. The van der Waals surface area contributed by atoms with Gasteiger partial charge in [0.25, 0.3) is 5.91 Å². The molecule has 2 rings (SSSR count). The van der Waals surface area contributed by atoms with Crippen molar-refractivity contribution in [3.05, 3.63) is 54.0 Å². The number of phenolic OH excluding ortho intramolecular Hbond substituents is 1. The average molecular weight is 568 g/mol. The van der Waals surface area contributed by atoms with Crippen LogP contribution in [0.15, 0.2) is 44.4 Å². The van der Waals surface area contributed by atoms with E-state index in [1.807, 2.05) is 25.1 Å². The largest absolute Gasteiger partial charge is 0.506 e. The molecule has 0 radical (unpaired) electrons. The first kappa shape index (κ1) is 19.2. The summed E-state index contributed by atoms with van der Waals surface area (Å²) in [5.74, 6) is 0.477. The number of amides is 1. The lowest BCUT2D eigenvalue weighted by Crippen LogP contribution is -2.17. The van der Waals surface area contributed by atoms with Gasteiger partial charge in [-0.25, -0.2) is 5.43 Å². The van der Waals surface area contributed by atoms with E-state index >= 15 is 0 Å². The summed E-state index contributed by atoms with van der Waals surface area (Å²) in [7, 11) is 0. The third-order valence-electron chi connectivity index (χ3n) is 2.91. The Labute approximate surface area is 169 Å². The summed E-state index contributed by atoms with van der Waals surface area (Å²) in [6, 6.07) is 8.67. The van der Waals surface area contributed by atoms with Gasteiger partial charge in [0.15, 0.2) is 0 Å². The van der Waals surface area contributed by atoms with E-state index in [1.165, 1.54) is 12.1 Å². The van der Waals surface area contributed by atoms with Crippen molar-refractivity contribution in [3.8, 4) is 11.5 Å². The van der Waals surface area contributed by atoms with Crippen molar-refractivity contribution < 1.29 is 14.6 Å². The Bertz CT molecular complexity index is 774. The number of ether oxygens (including phenoxy) is 1. The number of carbonyl (C=O) groups is 1. The van der Waals surface area contributed by atoms with Crippen molar-refractivity contribution >= 4 is 66.6 Å². The fraction of sp³-hybridized carbons (Fsp3) is 0.125. The van der Waals surface area contributed by atoms with Gasteiger partial charge in [0.1, 0.15) is 11.5 Å². The fourth-order valence-electron chi connectivity index (χ4n) is 1.80. The van der Waals surface area contributed by atoms with Crippen molar-refractivity contribution in [2.45, 2.75) is 6.92 Å². The minimum atomic E-state index is -0.381. The lowest BCUT2D eigenvalue weighted by molar-refractivity contribution is 0.0955. The third-order valence-corrected chi connectivity index (χ3v) is 4.97. The van der Waals surface area contributed by atoms with E-state index in [0.717, 1.165) is 14.9 Å². The van der Waals surface area contributed by atoms with E-state index < -0.39 is 0 Å². The van der Waals surface area contributed by atoms with Crippen molar-refractivity contribution in [2.24, 2.45) is 5.10 Å². The first-order chi connectivity index (χ1) is 11.4. The van der Waals surface area contributed by atoms with Gasteiger partial charge in [0, 0.05) is 5.56 Å². The summed E-state index contributed by atoms with van der Waals surface area (Å²) in [4.78, 5) is 12.1. The molecule has 0 aliphatic carbocycles. The Morgan fingerprint density at radius 3 is 2.58 bits per heavy atom. The Balaban J connectivity index is 2.06. The number of hydrogen-bond donors (Lipinski definition) is 2. The molecule has 0 heterocycles. The number of rotatable bonds is 5. The first-order valence-electron chi connectivity index (χ1n) is 6.86. The average Bonchev–Trinajstić information content (AvgIpc) is 2.54. The minimum absolute atomic E-state index is 0.0408. The molecule has 2 N–H and O–H groups in total. The van der Waals surface area contributed by atoms with Crippen LogP contribution in [-0.4, -0.2) is 23.8 Å². The van der Waals surface area contributed by atoms with Crippen LogP contribution >= 0.6 is 54.5 Å². The van der Waals surface area contributed by atoms with Crippen molar-refractivity contribution in [1.29, 1.82) is 0 Å². The highest BCUT2D eigenvalue weighted by molar-refractivity contribution is 14.1. The highest BCUT2D eigenvalue weighted by Crippen LogP contribution is 2.33. The number of hydrogen-bond acceptors (Lipinski definition) is 4. The summed E-state index contributed by atoms with van der Waals surface area (Å²) in [6.45, 7) is 2.54. The van der Waals surface area contributed by atoms with Crippen LogP contribution in [0, 0.1) is 3.57 Å². The van der Waals surface area contributed by atoms with E-state index in [2.05, 4.69) is 65.0 Å². The summed E-state index contributed by atoms with van der Waals surface area (Å²) >= 11 is 8.56. The van der Waals surface area contributed by atoms with Gasteiger partial charge in [-0.05, 0) is 97.3 Å². The Hall–Kier alpha value is -1.13. The van der Waals surface area contributed by atoms with E-state index in [9.17, 15) is 9.90 Å². The molecule has 0 aliphatic heterocycles. The third kappa shape index (κ3) is 4.93. The number of nitrogens with zero attached hydrogens (tertiary/aromatic N) is 1. The summed E-state index contributed by atoms with van der Waals surface area (Å²) in [6.07, 6.45) is 1.56. The number of halogens is 3. The maximum absolute atomic E-state index is 12.1. The maximum atomic E-state index is 12.1. The zero-order chi connectivity index (χ0) is 17.7. The van der Waals surface area contributed by atoms with Gasteiger partial charge in [-0.3, -0.25) is 4.79 Å². The van der Waals surface area contributed by atoms with Crippen LogP contribution in [0.4, 0.5) is 0 Å². The molecule has 0 unspecified atom stereocenters. The topological polar surface area (TPSA) is 70.9 Å². The molecule has 126 valence electrons. The second-order valence-electron chi connectivity index (χ2n) is 4.61. The van der Waals surface area contributed by atoms with Crippen molar-refractivity contribution in [3.63, 3.8) is 0 Å². The Morgan fingerprint density at radius 1 is 1.33 bits per heavy atom. The van der Waals surface area contributed by atoms with Gasteiger partial charge in [0.2, 0.25) is 0 Å². The van der Waals surface area contributed by atoms with Gasteiger partial charge >= 0.3 is 0 Å². The lowest BCUT2D eigenvalue weighted by Gasteiger charge is -2.06. The highest BCUT2D eigenvalue weighted by atomic mass is 127. The normalized spacial score (nSPS) is 10.8. The van der Waals surface area contributed by atoms with Crippen LogP contribution in [0.3, 0.4) is 0 Å². The monoisotopic (exact) mass is 566 g/mol. The maximum Gasteiger partial charge on any atom is 0.271 e. The second kappa shape index (κ2) is 8.82. The van der Waals surface area contributed by atoms with E-state index in [1.54, 1.807) is 6.21 Å². The second-order valence-corrected chi connectivity index (χ2v) is 7.48. The van der Waals surface area contributed by atoms with Gasteiger partial charge < -0.3 is 9.84 Å². The molecule has 0 bridgehead atoms. The minimum Gasteiger partial charge on any atom is -0.506 e. The number of nitrogens with one attached hydrogen (secondary N) is 1. The molecule has 0 atom stereocenters. The van der Waals surface area contributed by atoms with Gasteiger partial charge in [-0.2, -0.15) is 5.10 Å². The lowest BCUT2D eigenvalue weighted by atomic mass is 10.2. The molecule has 0 saturated heterocycles. The Kier molecular flexibility index (Phi) is 7.05. The number of benzene rings is 2. The molecule has 2 aromatic carbocycles. The summed E-state index contributed by atoms with van der Waals surface area (Å²) < 4.78 is 7.29. The molecule has 2 aromatic rings. The van der Waals surface area contributed by atoms with Crippen molar-refractivity contribution in [1.82, 2.24) is 5.43 Å². The predicted octanol–water partition coefficient (Wildman–Crippen LogP) is 4.68. The molecule has 8 heteroatoms.